The predicted molar refractivity (Wildman–Crippen MR) is 334 cm³/mol. The van der Waals surface area contributed by atoms with Crippen molar-refractivity contribution < 1.29 is 28.6 Å². The number of unbranched alkanes of at least 4 members (excludes halogenated alkanes) is 23. The van der Waals surface area contributed by atoms with Crippen molar-refractivity contribution in [1.29, 1.82) is 0 Å². The van der Waals surface area contributed by atoms with Gasteiger partial charge in [-0.2, -0.15) is 0 Å². The lowest BCUT2D eigenvalue weighted by Gasteiger charge is -2.18. The molecule has 0 spiro atoms. The molecule has 436 valence electrons. The van der Waals surface area contributed by atoms with E-state index in [2.05, 4.69) is 154 Å². The molecule has 0 aliphatic carbocycles. The Labute approximate surface area is 475 Å². The zero-order valence-electron chi connectivity index (χ0n) is 49.9. The van der Waals surface area contributed by atoms with Crippen LogP contribution < -0.4 is 0 Å². The van der Waals surface area contributed by atoms with Crippen LogP contribution in [0.3, 0.4) is 0 Å². The molecule has 0 aromatic heterocycles. The summed E-state index contributed by atoms with van der Waals surface area (Å²) in [6.45, 7) is 6.44. The lowest BCUT2D eigenvalue weighted by molar-refractivity contribution is -0.167. The Morgan fingerprint density at radius 1 is 0.273 bits per heavy atom. The Morgan fingerprint density at radius 3 is 0.831 bits per heavy atom. The summed E-state index contributed by atoms with van der Waals surface area (Å²) >= 11 is 0. The number of hydrogen-bond acceptors (Lipinski definition) is 6. The Morgan fingerprint density at radius 2 is 0.506 bits per heavy atom. The van der Waals surface area contributed by atoms with Gasteiger partial charge in [0.05, 0.1) is 0 Å². The molecule has 1 unspecified atom stereocenters. The molecule has 0 fully saturated rings. The van der Waals surface area contributed by atoms with E-state index in [1.54, 1.807) is 0 Å². The molecule has 77 heavy (non-hydrogen) atoms. The molecule has 6 heteroatoms. The second kappa shape index (κ2) is 64.1. The van der Waals surface area contributed by atoms with Crippen molar-refractivity contribution in [2.24, 2.45) is 0 Å². The summed E-state index contributed by atoms with van der Waals surface area (Å²) in [6.07, 6.45) is 90.5. The summed E-state index contributed by atoms with van der Waals surface area (Å²) < 4.78 is 16.8. The van der Waals surface area contributed by atoms with E-state index < -0.39 is 6.10 Å². The fourth-order valence-corrected chi connectivity index (χ4v) is 8.41. The molecule has 0 radical (unpaired) electrons. The van der Waals surface area contributed by atoms with Crippen molar-refractivity contribution in [3.63, 3.8) is 0 Å². The Kier molecular flexibility index (Phi) is 60.4. The third-order valence-electron chi connectivity index (χ3n) is 13.1. The van der Waals surface area contributed by atoms with Crippen molar-refractivity contribution >= 4 is 17.9 Å². The number of ether oxygens (including phenoxy) is 3. The van der Waals surface area contributed by atoms with Crippen LogP contribution in [0.5, 0.6) is 0 Å². The average Bonchev–Trinajstić information content (AvgIpc) is 3.43. The second-order valence-corrected chi connectivity index (χ2v) is 20.6. The highest BCUT2D eigenvalue weighted by Gasteiger charge is 2.19. The van der Waals surface area contributed by atoms with Gasteiger partial charge in [0.2, 0.25) is 0 Å². The van der Waals surface area contributed by atoms with Gasteiger partial charge in [-0.3, -0.25) is 14.4 Å². The average molecular weight is 1070 g/mol. The zero-order chi connectivity index (χ0) is 55.7. The molecule has 0 heterocycles. The number of allylic oxidation sites excluding steroid dienone is 22. The fourth-order valence-electron chi connectivity index (χ4n) is 8.41. The highest BCUT2D eigenvalue weighted by atomic mass is 16.6. The lowest BCUT2D eigenvalue weighted by Crippen LogP contribution is -2.30. The van der Waals surface area contributed by atoms with Crippen LogP contribution in [0.2, 0.25) is 0 Å². The molecule has 0 rings (SSSR count). The highest BCUT2D eigenvalue weighted by molar-refractivity contribution is 5.71. The van der Waals surface area contributed by atoms with Gasteiger partial charge in [-0.15, -0.1) is 0 Å². The topological polar surface area (TPSA) is 78.9 Å². The SMILES string of the molecule is CC/C=C\C/C=C\C/C=C\C/C=C\C/C=C\C/C=C\C/C=C\C/C=C\C/C=C\C/C=C\CCCCC(=O)OCC(COC(=O)CCCCCCCCC)OC(=O)CCCCCCCCCCC/C=C\CCCCCCCC. The van der Waals surface area contributed by atoms with Gasteiger partial charge in [0.25, 0.3) is 0 Å². The van der Waals surface area contributed by atoms with E-state index in [0.29, 0.717) is 25.7 Å². The van der Waals surface area contributed by atoms with Crippen LogP contribution in [-0.4, -0.2) is 37.2 Å². The zero-order valence-corrected chi connectivity index (χ0v) is 49.9. The molecule has 0 N–H and O–H groups in total. The molecule has 6 nitrogen and oxygen atoms in total. The molecule has 0 bridgehead atoms. The van der Waals surface area contributed by atoms with E-state index in [4.69, 9.17) is 14.2 Å². The number of rotatable bonds is 56. The van der Waals surface area contributed by atoms with Gasteiger partial charge in [-0.25, -0.2) is 0 Å². The van der Waals surface area contributed by atoms with Crippen LogP contribution in [0.15, 0.2) is 134 Å². The van der Waals surface area contributed by atoms with Crippen molar-refractivity contribution in [2.75, 3.05) is 13.2 Å². The van der Waals surface area contributed by atoms with Crippen molar-refractivity contribution in [1.82, 2.24) is 0 Å². The van der Waals surface area contributed by atoms with E-state index in [-0.39, 0.29) is 31.1 Å². The summed E-state index contributed by atoms with van der Waals surface area (Å²) in [6, 6.07) is 0. The fraction of sp³-hybridized carbons (Fsp3) is 0.648. The molecule has 0 aromatic rings. The first kappa shape index (κ1) is 72.5. The maximum Gasteiger partial charge on any atom is 0.306 e. The van der Waals surface area contributed by atoms with Crippen LogP contribution in [0, 0.1) is 0 Å². The van der Waals surface area contributed by atoms with E-state index in [1.807, 2.05) is 0 Å². The van der Waals surface area contributed by atoms with Gasteiger partial charge >= 0.3 is 17.9 Å². The van der Waals surface area contributed by atoms with E-state index >= 15 is 0 Å². The van der Waals surface area contributed by atoms with Gasteiger partial charge in [-0.1, -0.05) is 270 Å². The van der Waals surface area contributed by atoms with Gasteiger partial charge in [0, 0.05) is 19.3 Å². The maximum absolute atomic E-state index is 12.8. The summed E-state index contributed by atoms with van der Waals surface area (Å²) in [4.78, 5) is 38.0. The van der Waals surface area contributed by atoms with Crippen LogP contribution in [-0.2, 0) is 28.6 Å². The number of carbonyl (C=O) groups is 3. The minimum absolute atomic E-state index is 0.0942. The van der Waals surface area contributed by atoms with Crippen molar-refractivity contribution in [3.05, 3.63) is 134 Å². The smallest absolute Gasteiger partial charge is 0.306 e. The number of carbonyl (C=O) groups excluding carboxylic acids is 3. The quantitative estimate of drug-likeness (QED) is 0.0261. The first-order valence-corrected chi connectivity index (χ1v) is 31.7. The predicted octanol–water partition coefficient (Wildman–Crippen LogP) is 21.8. The molecule has 0 aromatic carbocycles. The Balaban J connectivity index is 4.25. The first-order chi connectivity index (χ1) is 38.0. The van der Waals surface area contributed by atoms with Crippen molar-refractivity contribution in [2.45, 2.75) is 284 Å². The summed E-state index contributed by atoms with van der Waals surface area (Å²) in [5.41, 5.74) is 0. The highest BCUT2D eigenvalue weighted by Crippen LogP contribution is 2.15. The summed E-state index contributed by atoms with van der Waals surface area (Å²) in [5.74, 6) is -0.949. The molecule has 0 amide bonds. The largest absolute Gasteiger partial charge is 0.462 e. The number of hydrogen-bond donors (Lipinski definition) is 0. The van der Waals surface area contributed by atoms with Crippen LogP contribution in [0.1, 0.15) is 278 Å². The van der Waals surface area contributed by atoms with Crippen LogP contribution in [0.4, 0.5) is 0 Å². The van der Waals surface area contributed by atoms with Gasteiger partial charge in [-0.05, 0) is 122 Å². The summed E-state index contributed by atoms with van der Waals surface area (Å²) in [5, 5.41) is 0. The monoisotopic (exact) mass is 1060 g/mol. The molecule has 0 aliphatic rings. The molecule has 0 saturated carbocycles. The Bertz CT molecular complexity index is 1650. The van der Waals surface area contributed by atoms with E-state index in [0.717, 1.165) is 116 Å². The van der Waals surface area contributed by atoms with E-state index in [1.165, 1.54) is 116 Å². The van der Waals surface area contributed by atoms with Gasteiger partial charge in [0.15, 0.2) is 6.10 Å². The minimum Gasteiger partial charge on any atom is -0.462 e. The van der Waals surface area contributed by atoms with Crippen LogP contribution >= 0.6 is 0 Å². The molecular formula is C71H116O6. The third-order valence-corrected chi connectivity index (χ3v) is 13.1. The van der Waals surface area contributed by atoms with Crippen LogP contribution in [0.25, 0.3) is 0 Å². The summed E-state index contributed by atoms with van der Waals surface area (Å²) in [7, 11) is 0. The molecule has 0 saturated heterocycles. The molecular weight excluding hydrogens is 949 g/mol. The standard InChI is InChI=1S/C71H116O6/c1-4-7-10-13-16-18-20-22-24-26-28-29-30-31-32-33-34-35-36-37-38-39-40-41-43-44-46-48-50-52-55-58-61-64-70(73)76-67-68(66-75-69(72)63-60-57-54-15-12-9-6-3)77-71(74)65-62-59-56-53-51-49-47-45-42-27-25-23-21-19-17-14-11-8-5-2/h7,10,16,18,22-25,28-29,31-32,34-35,37-38,40-41,44,46,50,52,68H,4-6,8-9,11-15,17,19-21,26-27,30,33,36,39,42-43,45,47-49,51,53-67H2,1-3H3/b10-7-,18-16-,24-22-,25-23-,29-28-,32-31-,35-34-,38-37-,41-40-,46-44-,52-50-. The van der Waals surface area contributed by atoms with Crippen molar-refractivity contribution in [3.8, 4) is 0 Å². The first-order valence-electron chi connectivity index (χ1n) is 31.7. The third kappa shape index (κ3) is 62.3. The lowest BCUT2D eigenvalue weighted by atomic mass is 10.1. The van der Waals surface area contributed by atoms with E-state index in [9.17, 15) is 14.4 Å². The van der Waals surface area contributed by atoms with Gasteiger partial charge < -0.3 is 14.2 Å². The second-order valence-electron chi connectivity index (χ2n) is 20.6. The normalized spacial score (nSPS) is 13.0. The van der Waals surface area contributed by atoms with Gasteiger partial charge in [0.1, 0.15) is 13.2 Å². The number of esters is 3. The minimum atomic E-state index is -0.798. The molecule has 0 aliphatic heterocycles. The maximum atomic E-state index is 12.8. The Hall–Kier alpha value is -4.45. The molecule has 1 atom stereocenters.